The maximum atomic E-state index is 12.6. The number of amides is 3. The number of halogens is 1. The van der Waals surface area contributed by atoms with Crippen LogP contribution in [0.5, 0.6) is 0 Å². The molecule has 0 bridgehead atoms. The van der Waals surface area contributed by atoms with E-state index in [1.165, 1.54) is 11.0 Å². The molecule has 2 aromatic carbocycles. The van der Waals surface area contributed by atoms with Gasteiger partial charge in [-0.3, -0.25) is 19.3 Å². The van der Waals surface area contributed by atoms with E-state index in [1.54, 1.807) is 24.3 Å². The number of unbranched alkanes of at least 4 members (excludes halogenated alkanes) is 1. The Bertz CT molecular complexity index is 908. The third-order valence-corrected chi connectivity index (χ3v) is 4.65. The summed E-state index contributed by atoms with van der Waals surface area (Å²) in [4.78, 5) is 38.7. The van der Waals surface area contributed by atoms with Crippen LogP contribution < -0.4 is 5.32 Å². The van der Waals surface area contributed by atoms with Crippen LogP contribution in [0, 0.1) is 6.92 Å². The van der Waals surface area contributed by atoms with Gasteiger partial charge in [-0.2, -0.15) is 0 Å². The zero-order valence-corrected chi connectivity index (χ0v) is 15.4. The third kappa shape index (κ3) is 3.35. The Hall–Kier alpha value is -2.66. The molecule has 0 spiro atoms. The number of aryl methyl sites for hydroxylation is 1. The molecule has 0 aromatic heterocycles. The number of anilines is 1. The second-order valence-electron chi connectivity index (χ2n) is 6.29. The van der Waals surface area contributed by atoms with E-state index in [2.05, 4.69) is 5.32 Å². The number of rotatable bonds is 5. The van der Waals surface area contributed by atoms with Gasteiger partial charge in [0.15, 0.2) is 0 Å². The summed E-state index contributed by atoms with van der Waals surface area (Å²) >= 11 is 5.98. The lowest BCUT2D eigenvalue weighted by Crippen LogP contribution is -2.30. The highest BCUT2D eigenvalue weighted by molar-refractivity contribution is 6.31. The molecule has 1 aliphatic heterocycles. The molecule has 0 saturated carbocycles. The van der Waals surface area contributed by atoms with Crippen LogP contribution in [0.2, 0.25) is 5.02 Å². The van der Waals surface area contributed by atoms with Crippen molar-refractivity contribution < 1.29 is 14.4 Å². The average Bonchev–Trinajstić information content (AvgIpc) is 2.86. The molecule has 0 atom stereocenters. The summed E-state index contributed by atoms with van der Waals surface area (Å²) in [5, 5.41) is 3.32. The predicted octanol–water partition coefficient (Wildman–Crippen LogP) is 4.30. The van der Waals surface area contributed by atoms with E-state index in [1.807, 2.05) is 19.9 Å². The molecule has 3 amide bonds. The zero-order chi connectivity index (χ0) is 18.8. The lowest BCUT2D eigenvalue weighted by atomic mass is 10.0. The Labute approximate surface area is 156 Å². The van der Waals surface area contributed by atoms with Crippen molar-refractivity contribution in [2.75, 3.05) is 11.9 Å². The average molecular weight is 371 g/mol. The van der Waals surface area contributed by atoms with Crippen molar-refractivity contribution in [2.24, 2.45) is 0 Å². The van der Waals surface area contributed by atoms with E-state index in [0.717, 1.165) is 18.4 Å². The lowest BCUT2D eigenvalue weighted by molar-refractivity contribution is 0.0652. The van der Waals surface area contributed by atoms with Crippen LogP contribution in [0.1, 0.15) is 56.4 Å². The fourth-order valence-electron chi connectivity index (χ4n) is 2.87. The van der Waals surface area contributed by atoms with Gasteiger partial charge >= 0.3 is 0 Å². The highest BCUT2D eigenvalue weighted by Gasteiger charge is 2.35. The molecule has 0 radical (unpaired) electrons. The third-order valence-electron chi connectivity index (χ3n) is 4.42. The van der Waals surface area contributed by atoms with Gasteiger partial charge in [0.2, 0.25) is 0 Å². The number of hydrogen-bond donors (Lipinski definition) is 1. The maximum absolute atomic E-state index is 12.6. The molecule has 0 saturated heterocycles. The van der Waals surface area contributed by atoms with Crippen molar-refractivity contribution in [3.63, 3.8) is 0 Å². The summed E-state index contributed by atoms with van der Waals surface area (Å²) in [5.74, 6) is -0.992. The molecule has 0 aliphatic carbocycles. The van der Waals surface area contributed by atoms with Gasteiger partial charge in [0.25, 0.3) is 17.7 Å². The van der Waals surface area contributed by atoms with Crippen molar-refractivity contribution in [1.29, 1.82) is 0 Å². The molecule has 3 rings (SSSR count). The van der Waals surface area contributed by atoms with Crippen LogP contribution in [0.25, 0.3) is 0 Å². The molecular weight excluding hydrogens is 352 g/mol. The minimum absolute atomic E-state index is 0.279. The van der Waals surface area contributed by atoms with Gasteiger partial charge in [-0.05, 0) is 49.2 Å². The second kappa shape index (κ2) is 7.30. The molecule has 134 valence electrons. The van der Waals surface area contributed by atoms with E-state index >= 15 is 0 Å². The highest BCUT2D eigenvalue weighted by atomic mass is 35.5. The molecule has 2 aromatic rings. The van der Waals surface area contributed by atoms with E-state index in [0.29, 0.717) is 28.4 Å². The summed E-state index contributed by atoms with van der Waals surface area (Å²) in [6.07, 6.45) is 1.65. The Morgan fingerprint density at radius 1 is 1.08 bits per heavy atom. The number of fused-ring (bicyclic) bond motifs is 1. The molecule has 26 heavy (non-hydrogen) atoms. The quantitative estimate of drug-likeness (QED) is 0.798. The number of nitrogens with zero attached hydrogens (tertiary/aromatic N) is 1. The van der Waals surface area contributed by atoms with Gasteiger partial charge in [-0.1, -0.05) is 31.0 Å². The zero-order valence-electron chi connectivity index (χ0n) is 14.6. The van der Waals surface area contributed by atoms with E-state index in [4.69, 9.17) is 11.6 Å². The summed E-state index contributed by atoms with van der Waals surface area (Å²) in [6.45, 7) is 4.26. The molecule has 5 nitrogen and oxygen atoms in total. The van der Waals surface area contributed by atoms with Crippen molar-refractivity contribution in [3.05, 3.63) is 63.7 Å². The first-order valence-corrected chi connectivity index (χ1v) is 8.88. The summed E-state index contributed by atoms with van der Waals surface area (Å²) in [7, 11) is 0. The molecule has 0 fully saturated rings. The summed E-state index contributed by atoms with van der Waals surface area (Å²) < 4.78 is 0. The first-order chi connectivity index (χ1) is 12.4. The molecule has 6 heteroatoms. The Morgan fingerprint density at radius 3 is 2.54 bits per heavy atom. The highest BCUT2D eigenvalue weighted by Crippen LogP contribution is 2.26. The number of imide groups is 1. The Balaban J connectivity index is 1.85. The Morgan fingerprint density at radius 2 is 1.81 bits per heavy atom. The number of benzene rings is 2. The van der Waals surface area contributed by atoms with Gasteiger partial charge in [0.1, 0.15) is 0 Å². The van der Waals surface area contributed by atoms with Crippen LogP contribution in [-0.4, -0.2) is 29.2 Å². The standard InChI is InChI=1S/C20H19ClN2O3/c1-3-4-9-23-19(25)15-8-6-13(10-16(15)20(23)26)18(24)22-17-11-14(21)7-5-12(17)2/h5-8,10-11H,3-4,9H2,1-2H3,(H,22,24). The van der Waals surface area contributed by atoms with Crippen LogP contribution >= 0.6 is 11.6 Å². The SMILES string of the molecule is CCCCN1C(=O)c2ccc(C(=O)Nc3cc(Cl)ccc3C)cc2C1=O. The van der Waals surface area contributed by atoms with Gasteiger partial charge in [-0.25, -0.2) is 0 Å². The van der Waals surface area contributed by atoms with E-state index < -0.39 is 0 Å². The molecular formula is C20H19ClN2O3. The molecule has 0 unspecified atom stereocenters. The summed E-state index contributed by atoms with van der Waals surface area (Å²) in [6, 6.07) is 9.81. The van der Waals surface area contributed by atoms with Gasteiger partial charge in [0, 0.05) is 22.8 Å². The number of nitrogens with one attached hydrogen (secondary N) is 1. The van der Waals surface area contributed by atoms with Crippen LogP contribution in [0.3, 0.4) is 0 Å². The topological polar surface area (TPSA) is 66.5 Å². The number of carbonyl (C=O) groups excluding carboxylic acids is 3. The van der Waals surface area contributed by atoms with Gasteiger partial charge in [-0.15, -0.1) is 0 Å². The monoisotopic (exact) mass is 370 g/mol. The minimum atomic E-state index is -0.356. The van der Waals surface area contributed by atoms with Crippen LogP contribution in [0.4, 0.5) is 5.69 Å². The number of hydrogen-bond acceptors (Lipinski definition) is 3. The fraction of sp³-hybridized carbons (Fsp3) is 0.250. The molecule has 1 heterocycles. The predicted molar refractivity (Wildman–Crippen MR) is 101 cm³/mol. The number of carbonyl (C=O) groups is 3. The van der Waals surface area contributed by atoms with Crippen LogP contribution in [-0.2, 0) is 0 Å². The van der Waals surface area contributed by atoms with Crippen LogP contribution in [0.15, 0.2) is 36.4 Å². The minimum Gasteiger partial charge on any atom is -0.322 e. The Kier molecular flexibility index (Phi) is 5.09. The fourth-order valence-corrected chi connectivity index (χ4v) is 3.05. The summed E-state index contributed by atoms with van der Waals surface area (Å²) in [5.41, 5.74) is 2.43. The smallest absolute Gasteiger partial charge is 0.261 e. The maximum Gasteiger partial charge on any atom is 0.261 e. The van der Waals surface area contributed by atoms with E-state index in [9.17, 15) is 14.4 Å². The molecule has 1 N–H and O–H groups in total. The lowest BCUT2D eigenvalue weighted by Gasteiger charge is -2.12. The van der Waals surface area contributed by atoms with E-state index in [-0.39, 0.29) is 23.3 Å². The van der Waals surface area contributed by atoms with Crippen molar-refractivity contribution >= 4 is 35.0 Å². The van der Waals surface area contributed by atoms with Crippen molar-refractivity contribution in [2.45, 2.75) is 26.7 Å². The largest absolute Gasteiger partial charge is 0.322 e. The van der Waals surface area contributed by atoms with Crippen molar-refractivity contribution in [3.8, 4) is 0 Å². The first-order valence-electron chi connectivity index (χ1n) is 8.50. The normalized spacial score (nSPS) is 13.1. The second-order valence-corrected chi connectivity index (χ2v) is 6.73. The molecule has 1 aliphatic rings. The van der Waals surface area contributed by atoms with Crippen molar-refractivity contribution in [1.82, 2.24) is 4.90 Å². The first kappa shape index (κ1) is 18.1. The van der Waals surface area contributed by atoms with Gasteiger partial charge in [0.05, 0.1) is 11.1 Å². The van der Waals surface area contributed by atoms with Gasteiger partial charge < -0.3 is 5.32 Å².